The molecule has 1 aromatic carbocycles. The maximum Gasteiger partial charge on any atom is 0.349 e. The molecule has 5 nitrogen and oxygen atoms in total. The number of hydrogen-bond acceptors (Lipinski definition) is 5. The van der Waals surface area contributed by atoms with Crippen LogP contribution in [-0.2, 0) is 22.4 Å². The van der Waals surface area contributed by atoms with E-state index in [0.717, 1.165) is 25.7 Å². The van der Waals surface area contributed by atoms with Crippen molar-refractivity contribution in [3.63, 3.8) is 0 Å². The molecule has 1 aromatic heterocycles. The van der Waals surface area contributed by atoms with Gasteiger partial charge in [-0.1, -0.05) is 18.0 Å². The zero-order valence-corrected chi connectivity index (χ0v) is 16.9. The van der Waals surface area contributed by atoms with E-state index in [1.165, 1.54) is 35.3 Å². The molecule has 0 radical (unpaired) electrons. The van der Waals surface area contributed by atoms with Crippen molar-refractivity contribution >= 4 is 40.5 Å². The van der Waals surface area contributed by atoms with Crippen molar-refractivity contribution in [2.45, 2.75) is 45.1 Å². The van der Waals surface area contributed by atoms with Crippen LogP contribution in [0, 0.1) is 0 Å². The van der Waals surface area contributed by atoms with Gasteiger partial charge in [0.1, 0.15) is 10.6 Å². The summed E-state index contributed by atoms with van der Waals surface area (Å²) in [5.41, 5.74) is 1.67. The molecule has 1 atom stereocenters. The van der Waals surface area contributed by atoms with E-state index in [1.807, 2.05) is 6.07 Å². The molecule has 0 saturated carbocycles. The van der Waals surface area contributed by atoms with Crippen molar-refractivity contribution in [1.29, 1.82) is 0 Å². The van der Waals surface area contributed by atoms with Gasteiger partial charge in [-0.3, -0.25) is 4.79 Å². The van der Waals surface area contributed by atoms with E-state index in [4.69, 9.17) is 21.1 Å². The number of carbonyl (C=O) groups is 2. The van der Waals surface area contributed by atoms with Crippen molar-refractivity contribution in [1.82, 2.24) is 0 Å². The first-order valence-electron chi connectivity index (χ1n) is 8.95. The van der Waals surface area contributed by atoms with E-state index >= 15 is 0 Å². The van der Waals surface area contributed by atoms with E-state index in [1.54, 1.807) is 25.1 Å². The van der Waals surface area contributed by atoms with Gasteiger partial charge in [-0.05, 0) is 62.4 Å². The monoisotopic (exact) mass is 407 g/mol. The van der Waals surface area contributed by atoms with Crippen LogP contribution in [0.5, 0.6) is 5.75 Å². The molecule has 1 aliphatic carbocycles. The molecule has 7 heteroatoms. The second-order valence-electron chi connectivity index (χ2n) is 6.50. The van der Waals surface area contributed by atoms with Crippen molar-refractivity contribution in [3.8, 4) is 5.75 Å². The number of benzene rings is 1. The molecule has 3 rings (SSSR count). The first-order valence-corrected chi connectivity index (χ1v) is 10.1. The third kappa shape index (κ3) is 4.82. The summed E-state index contributed by atoms with van der Waals surface area (Å²) in [7, 11) is 1.50. The number of methoxy groups -OCH3 is 1. The number of aryl methyl sites for hydroxylation is 2. The summed E-state index contributed by atoms with van der Waals surface area (Å²) in [5.74, 6) is -0.427. The fraction of sp³-hybridized carbons (Fsp3) is 0.400. The lowest BCUT2D eigenvalue weighted by atomic mass is 10.1. The maximum absolute atomic E-state index is 12.5. The van der Waals surface area contributed by atoms with Crippen LogP contribution in [-0.4, -0.2) is 25.1 Å². The molecule has 1 amide bonds. The molecule has 1 aliphatic rings. The van der Waals surface area contributed by atoms with E-state index < -0.39 is 18.0 Å². The van der Waals surface area contributed by atoms with Crippen LogP contribution in [0.2, 0.25) is 5.02 Å². The van der Waals surface area contributed by atoms with Gasteiger partial charge in [0.15, 0.2) is 6.10 Å². The fourth-order valence-electron chi connectivity index (χ4n) is 3.05. The second kappa shape index (κ2) is 8.76. The van der Waals surface area contributed by atoms with E-state index in [2.05, 4.69) is 5.32 Å². The SMILES string of the molecule is COc1ccc(Cl)cc1NC(=O)[C@@H](C)OC(=O)c1cc2c(s1)CCCCC2. The molecule has 1 heterocycles. The Bertz CT molecular complexity index is 825. The Morgan fingerprint density at radius 1 is 1.19 bits per heavy atom. The summed E-state index contributed by atoms with van der Waals surface area (Å²) < 4.78 is 10.6. The zero-order valence-electron chi connectivity index (χ0n) is 15.3. The van der Waals surface area contributed by atoms with Crippen LogP contribution in [0.15, 0.2) is 24.3 Å². The minimum atomic E-state index is -0.942. The van der Waals surface area contributed by atoms with Gasteiger partial charge in [-0.15, -0.1) is 11.3 Å². The lowest BCUT2D eigenvalue weighted by molar-refractivity contribution is -0.123. The van der Waals surface area contributed by atoms with Gasteiger partial charge < -0.3 is 14.8 Å². The summed E-state index contributed by atoms with van der Waals surface area (Å²) in [6.45, 7) is 1.54. The number of amides is 1. The van der Waals surface area contributed by atoms with E-state index in [0.29, 0.717) is 21.3 Å². The van der Waals surface area contributed by atoms with Gasteiger partial charge in [0.25, 0.3) is 5.91 Å². The number of thiophene rings is 1. The highest BCUT2D eigenvalue weighted by Gasteiger charge is 2.23. The molecule has 27 heavy (non-hydrogen) atoms. The lowest BCUT2D eigenvalue weighted by Gasteiger charge is -2.15. The van der Waals surface area contributed by atoms with Crippen LogP contribution in [0.25, 0.3) is 0 Å². The standard InChI is InChI=1S/C20H22ClNO4S/c1-12(19(23)22-15-11-14(21)8-9-16(15)25-2)26-20(24)18-10-13-6-4-3-5-7-17(13)27-18/h8-12H,3-7H2,1-2H3,(H,22,23)/t12-/m1/s1. The number of nitrogens with one attached hydrogen (secondary N) is 1. The summed E-state index contributed by atoms with van der Waals surface area (Å²) in [6, 6.07) is 6.83. The largest absolute Gasteiger partial charge is 0.495 e. The van der Waals surface area contributed by atoms with Crippen molar-refractivity contribution in [2.24, 2.45) is 0 Å². The molecule has 144 valence electrons. The lowest BCUT2D eigenvalue weighted by Crippen LogP contribution is -2.30. The molecule has 0 saturated heterocycles. The fourth-order valence-corrected chi connectivity index (χ4v) is 4.36. The average Bonchev–Trinajstić information content (AvgIpc) is 2.92. The van der Waals surface area contributed by atoms with Gasteiger partial charge >= 0.3 is 5.97 Å². The topological polar surface area (TPSA) is 64.6 Å². The number of rotatable bonds is 5. The summed E-state index contributed by atoms with van der Waals surface area (Å²) in [4.78, 5) is 26.7. The summed E-state index contributed by atoms with van der Waals surface area (Å²) in [5, 5.41) is 3.16. The van der Waals surface area contributed by atoms with Gasteiger partial charge in [-0.25, -0.2) is 4.79 Å². The van der Waals surface area contributed by atoms with Gasteiger partial charge in [0.2, 0.25) is 0 Å². The number of anilines is 1. The number of ether oxygens (including phenoxy) is 2. The number of fused-ring (bicyclic) bond motifs is 1. The quantitative estimate of drug-likeness (QED) is 0.567. The zero-order chi connectivity index (χ0) is 19.4. The molecule has 0 spiro atoms. The van der Waals surface area contributed by atoms with E-state index in [-0.39, 0.29) is 0 Å². The highest BCUT2D eigenvalue weighted by Crippen LogP contribution is 2.30. The van der Waals surface area contributed by atoms with Crippen molar-refractivity contribution < 1.29 is 19.1 Å². The molecular weight excluding hydrogens is 386 g/mol. The van der Waals surface area contributed by atoms with Crippen LogP contribution in [0.4, 0.5) is 5.69 Å². The Hall–Kier alpha value is -2.05. The molecule has 0 unspecified atom stereocenters. The van der Waals surface area contributed by atoms with Gasteiger partial charge in [0, 0.05) is 9.90 Å². The third-order valence-electron chi connectivity index (χ3n) is 4.52. The Morgan fingerprint density at radius 2 is 1.96 bits per heavy atom. The normalized spacial score (nSPS) is 14.6. The summed E-state index contributed by atoms with van der Waals surface area (Å²) in [6.07, 6.45) is 4.61. The van der Waals surface area contributed by atoms with Gasteiger partial charge in [-0.2, -0.15) is 0 Å². The second-order valence-corrected chi connectivity index (χ2v) is 8.07. The Balaban J connectivity index is 1.64. The highest BCUT2D eigenvalue weighted by molar-refractivity contribution is 7.14. The van der Waals surface area contributed by atoms with Crippen molar-refractivity contribution in [3.05, 3.63) is 44.6 Å². The number of esters is 1. The Labute approximate surface area is 167 Å². The molecule has 0 fully saturated rings. The molecule has 1 N–H and O–H groups in total. The van der Waals surface area contributed by atoms with Crippen molar-refractivity contribution in [2.75, 3.05) is 12.4 Å². The van der Waals surface area contributed by atoms with E-state index in [9.17, 15) is 9.59 Å². The molecule has 0 aliphatic heterocycles. The predicted molar refractivity (Wildman–Crippen MR) is 107 cm³/mol. The maximum atomic E-state index is 12.5. The van der Waals surface area contributed by atoms with Crippen LogP contribution in [0.1, 0.15) is 46.3 Å². The van der Waals surface area contributed by atoms with Gasteiger partial charge in [0.05, 0.1) is 12.8 Å². The minimum Gasteiger partial charge on any atom is -0.495 e. The molecule has 2 aromatic rings. The summed E-state index contributed by atoms with van der Waals surface area (Å²) >= 11 is 7.45. The molecule has 0 bridgehead atoms. The predicted octanol–water partition coefficient (Wildman–Crippen LogP) is 4.86. The minimum absolute atomic E-state index is 0.431. The highest BCUT2D eigenvalue weighted by atomic mass is 35.5. The average molecular weight is 408 g/mol. The Kier molecular flexibility index (Phi) is 6.39. The third-order valence-corrected chi connectivity index (χ3v) is 5.97. The number of hydrogen-bond donors (Lipinski definition) is 1. The first-order chi connectivity index (χ1) is 13.0. The van der Waals surface area contributed by atoms with Crippen LogP contribution in [0.3, 0.4) is 0 Å². The molecular formula is C20H22ClNO4S. The smallest absolute Gasteiger partial charge is 0.349 e. The number of halogens is 1. The number of carbonyl (C=O) groups excluding carboxylic acids is 2. The van der Waals surface area contributed by atoms with Crippen LogP contribution < -0.4 is 10.1 Å². The first kappa shape index (κ1) is 19.7. The Morgan fingerprint density at radius 3 is 2.74 bits per heavy atom. The van der Waals surface area contributed by atoms with Crippen LogP contribution >= 0.6 is 22.9 Å².